The molecule has 0 fully saturated rings. The van der Waals surface area contributed by atoms with Crippen LogP contribution in [0.15, 0.2) is 42.6 Å². The summed E-state index contributed by atoms with van der Waals surface area (Å²) in [5.74, 6) is 0. The van der Waals surface area contributed by atoms with Gasteiger partial charge in [0.2, 0.25) is 5.69 Å². The summed E-state index contributed by atoms with van der Waals surface area (Å²) in [5, 5.41) is 2.67. The molecule has 0 aliphatic rings. The normalized spacial score (nSPS) is 11.2. The lowest BCUT2D eigenvalue weighted by molar-refractivity contribution is -0.659. The Hall–Kier alpha value is -2.15. The second-order valence-corrected chi connectivity index (χ2v) is 6.70. The van der Waals surface area contributed by atoms with Crippen LogP contribution < -0.4 is 4.57 Å². The van der Waals surface area contributed by atoms with Crippen LogP contribution in [-0.4, -0.2) is 0 Å². The first-order valence-corrected chi connectivity index (χ1v) is 8.50. The molecule has 0 amide bonds. The van der Waals surface area contributed by atoms with E-state index in [4.69, 9.17) is 0 Å². The molecule has 0 N–H and O–H groups in total. The van der Waals surface area contributed by atoms with Crippen LogP contribution in [0.25, 0.3) is 22.0 Å². The summed E-state index contributed by atoms with van der Waals surface area (Å²) in [7, 11) is 2.14. The molecule has 1 heterocycles. The van der Waals surface area contributed by atoms with E-state index in [0.29, 0.717) is 0 Å². The van der Waals surface area contributed by atoms with E-state index in [9.17, 15) is 0 Å². The van der Waals surface area contributed by atoms with Crippen molar-refractivity contribution in [3.05, 3.63) is 64.8 Å². The Morgan fingerprint density at radius 2 is 1.74 bits per heavy atom. The summed E-state index contributed by atoms with van der Waals surface area (Å²) in [5.41, 5.74) is 8.14. The monoisotopic (exact) mass is 304 g/mol. The van der Waals surface area contributed by atoms with Gasteiger partial charge in [-0.05, 0) is 61.4 Å². The van der Waals surface area contributed by atoms with Crippen molar-refractivity contribution in [3.63, 3.8) is 0 Å². The van der Waals surface area contributed by atoms with Gasteiger partial charge in [-0.15, -0.1) is 0 Å². The number of aryl methyl sites for hydroxylation is 4. The average Bonchev–Trinajstić information content (AvgIpc) is 2.51. The highest BCUT2D eigenvalue weighted by atomic mass is 14.9. The van der Waals surface area contributed by atoms with Crippen molar-refractivity contribution in [2.24, 2.45) is 7.05 Å². The third kappa shape index (κ3) is 2.88. The average molecular weight is 304 g/mol. The maximum atomic E-state index is 2.35. The van der Waals surface area contributed by atoms with Gasteiger partial charge in [0.15, 0.2) is 6.20 Å². The van der Waals surface area contributed by atoms with Gasteiger partial charge in [0.1, 0.15) is 7.05 Å². The van der Waals surface area contributed by atoms with Gasteiger partial charge in [0.05, 0.1) is 10.9 Å². The van der Waals surface area contributed by atoms with Gasteiger partial charge in [-0.3, -0.25) is 0 Å². The molecular weight excluding hydrogens is 278 g/mol. The number of nitrogens with zero attached hydrogens (tertiary/aromatic N) is 1. The molecule has 0 aliphatic heterocycles. The number of hydrogen-bond acceptors (Lipinski definition) is 0. The van der Waals surface area contributed by atoms with E-state index in [2.05, 4.69) is 81.9 Å². The fourth-order valence-corrected chi connectivity index (χ4v) is 3.49. The van der Waals surface area contributed by atoms with E-state index < -0.39 is 0 Å². The van der Waals surface area contributed by atoms with E-state index in [1.807, 2.05) is 0 Å². The first-order chi connectivity index (χ1) is 11.0. The Balaban J connectivity index is 2.31. The third-order valence-corrected chi connectivity index (χ3v) is 4.81. The molecule has 0 bridgehead atoms. The summed E-state index contributed by atoms with van der Waals surface area (Å²) in [4.78, 5) is 0. The number of rotatable bonds is 3. The predicted molar refractivity (Wildman–Crippen MR) is 98.8 cm³/mol. The highest BCUT2D eigenvalue weighted by Gasteiger charge is 2.18. The Kier molecular flexibility index (Phi) is 4.21. The standard InChI is InChI=1S/C22H26N/c1-6-7-18-8-9-20-19(14-18)10-11-23(5)22(20)21-13-15(2)12-16(3)17(21)4/h8-14H,6-7H2,1-5H3/q+1. The maximum absolute atomic E-state index is 2.35. The minimum atomic E-state index is 1.15. The number of benzene rings is 2. The second-order valence-electron chi connectivity index (χ2n) is 6.70. The lowest BCUT2D eigenvalue weighted by atomic mass is 9.94. The van der Waals surface area contributed by atoms with E-state index in [-0.39, 0.29) is 0 Å². The maximum Gasteiger partial charge on any atom is 0.220 e. The summed E-state index contributed by atoms with van der Waals surface area (Å²) in [6, 6.07) is 13.7. The van der Waals surface area contributed by atoms with Crippen LogP contribution in [-0.2, 0) is 13.5 Å². The zero-order chi connectivity index (χ0) is 16.6. The molecule has 118 valence electrons. The van der Waals surface area contributed by atoms with Crippen molar-refractivity contribution in [2.45, 2.75) is 40.5 Å². The Morgan fingerprint density at radius 3 is 2.48 bits per heavy atom. The molecule has 3 aromatic rings. The summed E-state index contributed by atoms with van der Waals surface area (Å²) < 4.78 is 2.25. The fraction of sp³-hybridized carbons (Fsp3) is 0.318. The highest BCUT2D eigenvalue weighted by Crippen LogP contribution is 2.30. The smallest absolute Gasteiger partial charge is 0.200 e. The van der Waals surface area contributed by atoms with Crippen molar-refractivity contribution < 1.29 is 4.57 Å². The fourth-order valence-electron chi connectivity index (χ4n) is 3.49. The lowest BCUT2D eigenvalue weighted by Crippen LogP contribution is -2.30. The van der Waals surface area contributed by atoms with E-state index in [0.717, 1.165) is 6.42 Å². The van der Waals surface area contributed by atoms with Crippen LogP contribution in [0.2, 0.25) is 0 Å². The van der Waals surface area contributed by atoms with Gasteiger partial charge in [0.25, 0.3) is 0 Å². The van der Waals surface area contributed by atoms with Gasteiger partial charge in [-0.25, -0.2) is 4.57 Å². The highest BCUT2D eigenvalue weighted by molar-refractivity contribution is 5.94. The molecule has 1 nitrogen and oxygen atoms in total. The Bertz CT molecular complexity index is 875. The van der Waals surface area contributed by atoms with Crippen LogP contribution in [0, 0.1) is 20.8 Å². The molecule has 0 saturated carbocycles. The SMILES string of the molecule is CCCc1ccc2c(-c3cc(C)cc(C)c3C)[n+](C)ccc2c1. The molecule has 23 heavy (non-hydrogen) atoms. The number of fused-ring (bicyclic) bond motifs is 1. The second kappa shape index (κ2) is 6.16. The summed E-state index contributed by atoms with van der Waals surface area (Å²) in [6.45, 7) is 8.85. The molecule has 0 spiro atoms. The van der Waals surface area contributed by atoms with Crippen molar-refractivity contribution >= 4 is 10.8 Å². The number of aromatic nitrogens is 1. The molecule has 3 rings (SSSR count). The van der Waals surface area contributed by atoms with Crippen molar-refractivity contribution in [3.8, 4) is 11.3 Å². The van der Waals surface area contributed by atoms with Gasteiger partial charge in [-0.1, -0.05) is 37.1 Å². The van der Waals surface area contributed by atoms with E-state index in [1.54, 1.807) is 0 Å². The molecule has 1 heteroatoms. The molecule has 1 aromatic heterocycles. The largest absolute Gasteiger partial charge is 0.220 e. The molecule has 0 atom stereocenters. The summed E-state index contributed by atoms with van der Waals surface area (Å²) >= 11 is 0. The van der Waals surface area contributed by atoms with Gasteiger partial charge >= 0.3 is 0 Å². The molecule has 0 aliphatic carbocycles. The van der Waals surface area contributed by atoms with Crippen molar-refractivity contribution in [2.75, 3.05) is 0 Å². The van der Waals surface area contributed by atoms with Crippen LogP contribution in [0.5, 0.6) is 0 Å². The topological polar surface area (TPSA) is 3.88 Å². The van der Waals surface area contributed by atoms with E-state index in [1.165, 1.54) is 50.7 Å². The molecule has 2 aromatic carbocycles. The zero-order valence-electron chi connectivity index (χ0n) is 14.9. The number of hydrogen-bond donors (Lipinski definition) is 0. The van der Waals surface area contributed by atoms with Gasteiger partial charge < -0.3 is 0 Å². The van der Waals surface area contributed by atoms with Crippen LogP contribution in [0.3, 0.4) is 0 Å². The van der Waals surface area contributed by atoms with Crippen molar-refractivity contribution in [1.29, 1.82) is 0 Å². The molecule has 0 radical (unpaired) electrons. The van der Waals surface area contributed by atoms with Gasteiger partial charge in [-0.2, -0.15) is 0 Å². The minimum Gasteiger partial charge on any atom is -0.200 e. The number of pyridine rings is 1. The quantitative estimate of drug-likeness (QED) is 0.585. The Labute approximate surface area is 139 Å². The van der Waals surface area contributed by atoms with Crippen LogP contribution in [0.1, 0.15) is 35.6 Å². The first-order valence-electron chi connectivity index (χ1n) is 8.50. The predicted octanol–water partition coefficient (Wildman–Crippen LogP) is 5.21. The molecule has 0 unspecified atom stereocenters. The van der Waals surface area contributed by atoms with Crippen LogP contribution in [0.4, 0.5) is 0 Å². The molecule has 0 saturated heterocycles. The lowest BCUT2D eigenvalue weighted by Gasteiger charge is -2.12. The van der Waals surface area contributed by atoms with Gasteiger partial charge in [0, 0.05) is 6.07 Å². The van der Waals surface area contributed by atoms with Crippen LogP contribution >= 0.6 is 0 Å². The summed E-state index contributed by atoms with van der Waals surface area (Å²) in [6.07, 6.45) is 4.52. The minimum absolute atomic E-state index is 1.15. The third-order valence-electron chi connectivity index (χ3n) is 4.81. The Morgan fingerprint density at radius 1 is 0.957 bits per heavy atom. The van der Waals surface area contributed by atoms with Crippen molar-refractivity contribution in [1.82, 2.24) is 0 Å². The molecular formula is C22H26N+. The zero-order valence-corrected chi connectivity index (χ0v) is 14.9. The first kappa shape index (κ1) is 15.7. The van der Waals surface area contributed by atoms with E-state index >= 15 is 0 Å².